The number of nitrogens with one attached hydrogen (secondary N) is 1. The standard InChI is InChI=1S/C21H20F6N2O/c1-19(2,21(25,26)27)28-18(30)29-12-11-13-5-3-4-6-16(13)17(29)14-7-9-15(10-8-14)20(22,23)24/h3-10,17H,11-12H2,1-2H3,(H,28,30)/t17-/m1/s1. The van der Waals surface area contributed by atoms with Gasteiger partial charge >= 0.3 is 18.4 Å². The van der Waals surface area contributed by atoms with Crippen molar-refractivity contribution >= 4 is 6.03 Å². The fourth-order valence-corrected chi connectivity index (χ4v) is 3.41. The Bertz CT molecular complexity index is 918. The van der Waals surface area contributed by atoms with Crippen molar-refractivity contribution in [2.75, 3.05) is 6.54 Å². The van der Waals surface area contributed by atoms with Crippen LogP contribution < -0.4 is 5.32 Å². The first-order chi connectivity index (χ1) is 13.8. The van der Waals surface area contributed by atoms with E-state index in [1.807, 2.05) is 11.4 Å². The number of amides is 2. The molecular weight excluding hydrogens is 410 g/mol. The number of carbonyl (C=O) groups is 1. The van der Waals surface area contributed by atoms with Crippen molar-refractivity contribution in [3.8, 4) is 0 Å². The summed E-state index contributed by atoms with van der Waals surface area (Å²) in [5, 5.41) is 2.01. The molecule has 1 heterocycles. The summed E-state index contributed by atoms with van der Waals surface area (Å²) < 4.78 is 78.5. The van der Waals surface area contributed by atoms with Gasteiger partial charge in [0, 0.05) is 6.54 Å². The molecule has 0 saturated heterocycles. The molecule has 30 heavy (non-hydrogen) atoms. The van der Waals surface area contributed by atoms with Crippen molar-refractivity contribution < 1.29 is 31.1 Å². The van der Waals surface area contributed by atoms with Crippen LogP contribution in [-0.4, -0.2) is 29.2 Å². The number of rotatable bonds is 2. The minimum atomic E-state index is -4.67. The summed E-state index contributed by atoms with van der Waals surface area (Å²) >= 11 is 0. The predicted molar refractivity (Wildman–Crippen MR) is 98.8 cm³/mol. The van der Waals surface area contributed by atoms with Crippen LogP contribution in [0.3, 0.4) is 0 Å². The number of hydrogen-bond donors (Lipinski definition) is 1. The van der Waals surface area contributed by atoms with Gasteiger partial charge in [-0.3, -0.25) is 0 Å². The quantitative estimate of drug-likeness (QED) is 0.609. The molecule has 162 valence electrons. The molecule has 1 aliphatic rings. The monoisotopic (exact) mass is 430 g/mol. The lowest BCUT2D eigenvalue weighted by Gasteiger charge is -2.40. The molecule has 0 saturated carbocycles. The van der Waals surface area contributed by atoms with Crippen LogP contribution in [0.5, 0.6) is 0 Å². The smallest absolute Gasteiger partial charge is 0.324 e. The van der Waals surface area contributed by atoms with Crippen molar-refractivity contribution in [3.05, 3.63) is 70.8 Å². The largest absolute Gasteiger partial charge is 0.416 e. The minimum absolute atomic E-state index is 0.127. The van der Waals surface area contributed by atoms with E-state index in [-0.39, 0.29) is 6.54 Å². The third-order valence-corrected chi connectivity index (χ3v) is 5.23. The first-order valence-corrected chi connectivity index (χ1v) is 9.22. The summed E-state index contributed by atoms with van der Waals surface area (Å²) in [6.45, 7) is 1.84. The van der Waals surface area contributed by atoms with E-state index in [1.165, 1.54) is 17.0 Å². The SMILES string of the molecule is CC(C)(NC(=O)N1CCc2ccccc2[C@H]1c1ccc(C(F)(F)F)cc1)C(F)(F)F. The van der Waals surface area contributed by atoms with Crippen LogP contribution in [0.4, 0.5) is 31.1 Å². The molecule has 0 unspecified atom stereocenters. The van der Waals surface area contributed by atoms with Crippen molar-refractivity contribution in [2.24, 2.45) is 0 Å². The summed E-state index contributed by atoms with van der Waals surface area (Å²) in [6.07, 6.45) is -8.76. The number of urea groups is 1. The van der Waals surface area contributed by atoms with Crippen LogP contribution in [0.1, 0.15) is 42.1 Å². The summed E-state index contributed by atoms with van der Waals surface area (Å²) in [6, 6.07) is 9.66. The lowest BCUT2D eigenvalue weighted by molar-refractivity contribution is -0.183. The van der Waals surface area contributed by atoms with Gasteiger partial charge in [0.25, 0.3) is 0 Å². The van der Waals surface area contributed by atoms with Gasteiger partial charge in [-0.1, -0.05) is 36.4 Å². The van der Waals surface area contributed by atoms with E-state index in [0.717, 1.165) is 31.5 Å². The Hall–Kier alpha value is -2.71. The predicted octanol–water partition coefficient (Wildman–Crippen LogP) is 5.70. The molecular formula is C21H20F6N2O. The van der Waals surface area contributed by atoms with Crippen LogP contribution in [-0.2, 0) is 12.6 Å². The fourth-order valence-electron chi connectivity index (χ4n) is 3.41. The third kappa shape index (κ3) is 4.24. The second-order valence-electron chi connectivity index (χ2n) is 7.72. The van der Waals surface area contributed by atoms with Gasteiger partial charge in [0.2, 0.25) is 0 Å². The molecule has 0 spiro atoms. The van der Waals surface area contributed by atoms with Crippen molar-refractivity contribution in [3.63, 3.8) is 0 Å². The molecule has 3 rings (SSSR count). The van der Waals surface area contributed by atoms with E-state index in [2.05, 4.69) is 0 Å². The van der Waals surface area contributed by atoms with Gasteiger partial charge in [-0.05, 0) is 49.1 Å². The van der Waals surface area contributed by atoms with Gasteiger partial charge < -0.3 is 10.2 Å². The second kappa shape index (κ2) is 7.52. The van der Waals surface area contributed by atoms with Gasteiger partial charge in [0.15, 0.2) is 0 Å². The number of carbonyl (C=O) groups excluding carboxylic acids is 1. The molecule has 1 aliphatic heterocycles. The number of benzene rings is 2. The molecule has 0 aromatic heterocycles. The van der Waals surface area contributed by atoms with Gasteiger partial charge in [-0.2, -0.15) is 26.3 Å². The van der Waals surface area contributed by atoms with Crippen LogP contribution in [0.2, 0.25) is 0 Å². The molecule has 0 bridgehead atoms. The Balaban J connectivity index is 2.00. The van der Waals surface area contributed by atoms with Crippen molar-refractivity contribution in [1.82, 2.24) is 10.2 Å². The average molecular weight is 430 g/mol. The van der Waals surface area contributed by atoms with Gasteiger partial charge in [-0.15, -0.1) is 0 Å². The number of halogens is 6. The summed E-state index contributed by atoms with van der Waals surface area (Å²) in [5.74, 6) is 0. The molecule has 2 amide bonds. The molecule has 1 N–H and O–H groups in total. The number of hydrogen-bond acceptors (Lipinski definition) is 1. The van der Waals surface area contributed by atoms with Crippen LogP contribution in [0, 0.1) is 0 Å². The Labute approximate surface area is 169 Å². The van der Waals surface area contributed by atoms with E-state index >= 15 is 0 Å². The maximum atomic E-state index is 13.2. The van der Waals surface area contributed by atoms with Crippen molar-refractivity contribution in [2.45, 2.75) is 44.2 Å². The maximum absolute atomic E-state index is 13.2. The Morgan fingerprint density at radius 2 is 1.57 bits per heavy atom. The number of fused-ring (bicyclic) bond motifs is 1. The molecule has 2 aromatic rings. The zero-order valence-corrected chi connectivity index (χ0v) is 16.2. The van der Waals surface area contributed by atoms with Crippen molar-refractivity contribution in [1.29, 1.82) is 0 Å². The fraction of sp³-hybridized carbons (Fsp3) is 0.381. The van der Waals surface area contributed by atoms with E-state index in [4.69, 9.17) is 0 Å². The van der Waals surface area contributed by atoms with Crippen LogP contribution in [0.25, 0.3) is 0 Å². The third-order valence-electron chi connectivity index (χ3n) is 5.23. The van der Waals surface area contributed by atoms with Crippen LogP contribution >= 0.6 is 0 Å². The molecule has 2 aromatic carbocycles. The summed E-state index contributed by atoms with van der Waals surface area (Å²) in [7, 11) is 0. The van der Waals surface area contributed by atoms with E-state index in [0.29, 0.717) is 17.5 Å². The summed E-state index contributed by atoms with van der Waals surface area (Å²) in [5.41, 5.74) is -1.36. The molecule has 0 fully saturated rings. The van der Waals surface area contributed by atoms with Crippen LogP contribution in [0.15, 0.2) is 48.5 Å². The molecule has 0 radical (unpaired) electrons. The van der Waals surface area contributed by atoms with Gasteiger partial charge in [-0.25, -0.2) is 4.79 Å². The normalized spacial score (nSPS) is 17.5. The molecule has 3 nitrogen and oxygen atoms in total. The van der Waals surface area contributed by atoms with E-state index in [1.54, 1.807) is 18.2 Å². The first-order valence-electron chi connectivity index (χ1n) is 9.22. The Morgan fingerprint density at radius 3 is 2.13 bits per heavy atom. The number of nitrogens with zero attached hydrogens (tertiary/aromatic N) is 1. The Kier molecular flexibility index (Phi) is 5.51. The van der Waals surface area contributed by atoms with E-state index in [9.17, 15) is 31.1 Å². The highest BCUT2D eigenvalue weighted by atomic mass is 19.4. The minimum Gasteiger partial charge on any atom is -0.324 e. The number of alkyl halides is 6. The summed E-state index contributed by atoms with van der Waals surface area (Å²) in [4.78, 5) is 14.0. The highest BCUT2D eigenvalue weighted by molar-refractivity contribution is 5.77. The molecule has 9 heteroatoms. The highest BCUT2D eigenvalue weighted by Crippen LogP contribution is 2.38. The van der Waals surface area contributed by atoms with Gasteiger partial charge in [0.05, 0.1) is 11.6 Å². The average Bonchev–Trinajstić information content (AvgIpc) is 2.65. The first kappa shape index (κ1) is 22.0. The lowest BCUT2D eigenvalue weighted by Crippen LogP contribution is -2.58. The Morgan fingerprint density at radius 1 is 0.967 bits per heavy atom. The van der Waals surface area contributed by atoms with Gasteiger partial charge in [0.1, 0.15) is 5.54 Å². The molecule has 1 atom stereocenters. The zero-order valence-electron chi connectivity index (χ0n) is 16.2. The maximum Gasteiger partial charge on any atom is 0.416 e. The second-order valence-corrected chi connectivity index (χ2v) is 7.72. The topological polar surface area (TPSA) is 32.3 Å². The van der Waals surface area contributed by atoms with E-state index < -0.39 is 35.5 Å². The molecule has 0 aliphatic carbocycles. The highest BCUT2D eigenvalue weighted by Gasteiger charge is 2.49. The lowest BCUT2D eigenvalue weighted by atomic mass is 9.88. The zero-order chi connectivity index (χ0) is 22.3.